The maximum Gasteiger partial charge on any atom is 0.147 e. The van der Waals surface area contributed by atoms with Crippen LogP contribution in [0, 0.1) is 11.6 Å². The van der Waals surface area contributed by atoms with Gasteiger partial charge in [-0.3, -0.25) is 9.67 Å². The van der Waals surface area contributed by atoms with Crippen molar-refractivity contribution in [2.45, 2.75) is 25.9 Å². The standard InChI is InChI=1S/C14H14F2N4/c1-2-20-7-9-5-12(18-14(17)13(9)19-20)8-3-10(15)6-11(16)4-8/h3-4,6-7,12H,2,5H2,1H3,(H2,17,18). The number of fused-ring (bicyclic) bond motifs is 1. The second kappa shape index (κ2) is 4.70. The number of halogens is 2. The van der Waals surface area contributed by atoms with Crippen molar-refractivity contribution in [3.8, 4) is 0 Å². The second-order valence-corrected chi connectivity index (χ2v) is 4.80. The van der Waals surface area contributed by atoms with Gasteiger partial charge in [0.05, 0.1) is 6.04 Å². The number of hydrogen-bond donors (Lipinski definition) is 1. The van der Waals surface area contributed by atoms with Gasteiger partial charge in [-0.15, -0.1) is 0 Å². The number of nitrogens with zero attached hydrogens (tertiary/aromatic N) is 3. The maximum absolute atomic E-state index is 13.3. The molecule has 0 saturated carbocycles. The molecule has 1 aliphatic heterocycles. The van der Waals surface area contributed by atoms with Crippen LogP contribution in [0.25, 0.3) is 0 Å². The van der Waals surface area contributed by atoms with Crippen molar-refractivity contribution in [2.75, 3.05) is 0 Å². The summed E-state index contributed by atoms with van der Waals surface area (Å²) in [5.74, 6) is -0.902. The topological polar surface area (TPSA) is 56.2 Å². The predicted molar refractivity (Wildman–Crippen MR) is 71.4 cm³/mol. The lowest BCUT2D eigenvalue weighted by atomic mass is 9.96. The van der Waals surface area contributed by atoms with Crippen LogP contribution in [-0.2, 0) is 13.0 Å². The van der Waals surface area contributed by atoms with E-state index in [-0.39, 0.29) is 6.04 Å². The summed E-state index contributed by atoms with van der Waals surface area (Å²) in [6.45, 7) is 2.71. The maximum atomic E-state index is 13.3. The van der Waals surface area contributed by atoms with Crippen LogP contribution < -0.4 is 5.73 Å². The van der Waals surface area contributed by atoms with Gasteiger partial charge in [0.25, 0.3) is 0 Å². The minimum absolute atomic E-state index is 0.313. The monoisotopic (exact) mass is 276 g/mol. The van der Waals surface area contributed by atoms with E-state index in [1.807, 2.05) is 13.1 Å². The van der Waals surface area contributed by atoms with E-state index in [4.69, 9.17) is 5.73 Å². The highest BCUT2D eigenvalue weighted by atomic mass is 19.1. The first-order valence-corrected chi connectivity index (χ1v) is 6.42. The fourth-order valence-electron chi connectivity index (χ4n) is 2.43. The molecule has 3 rings (SSSR count). The third-order valence-electron chi connectivity index (χ3n) is 3.38. The van der Waals surface area contributed by atoms with Gasteiger partial charge in [0.15, 0.2) is 0 Å². The van der Waals surface area contributed by atoms with Crippen molar-refractivity contribution in [3.05, 3.63) is 52.9 Å². The highest BCUT2D eigenvalue weighted by Gasteiger charge is 2.24. The molecule has 1 unspecified atom stereocenters. The van der Waals surface area contributed by atoms with E-state index < -0.39 is 11.6 Å². The number of nitrogens with two attached hydrogens (primary N) is 1. The van der Waals surface area contributed by atoms with Crippen LogP contribution in [0.15, 0.2) is 29.4 Å². The van der Waals surface area contributed by atoms with E-state index in [9.17, 15) is 8.78 Å². The van der Waals surface area contributed by atoms with E-state index >= 15 is 0 Å². The summed E-state index contributed by atoms with van der Waals surface area (Å²) in [6, 6.07) is 3.06. The molecule has 1 aliphatic rings. The van der Waals surface area contributed by atoms with E-state index in [1.54, 1.807) is 4.68 Å². The largest absolute Gasteiger partial charge is 0.382 e. The molecular weight excluding hydrogens is 262 g/mol. The SMILES string of the molecule is CCn1cc2c(n1)C(N)=NC(c1cc(F)cc(F)c1)C2. The summed E-state index contributed by atoms with van der Waals surface area (Å²) in [4.78, 5) is 4.31. The minimum atomic E-state index is -0.608. The van der Waals surface area contributed by atoms with Gasteiger partial charge >= 0.3 is 0 Å². The van der Waals surface area contributed by atoms with Crippen molar-refractivity contribution >= 4 is 5.84 Å². The van der Waals surface area contributed by atoms with Crippen molar-refractivity contribution in [1.29, 1.82) is 0 Å². The van der Waals surface area contributed by atoms with Crippen molar-refractivity contribution in [3.63, 3.8) is 0 Å². The highest BCUT2D eigenvalue weighted by molar-refractivity contribution is 5.97. The lowest BCUT2D eigenvalue weighted by Gasteiger charge is -2.18. The zero-order chi connectivity index (χ0) is 14.3. The molecule has 2 N–H and O–H groups in total. The normalized spacial score (nSPS) is 17.8. The Balaban J connectivity index is 1.99. The average molecular weight is 276 g/mol. The third-order valence-corrected chi connectivity index (χ3v) is 3.38. The van der Waals surface area contributed by atoms with Crippen LogP contribution in [0.2, 0.25) is 0 Å². The molecule has 1 aromatic heterocycles. The number of rotatable bonds is 2. The van der Waals surface area contributed by atoms with E-state index in [2.05, 4.69) is 10.1 Å². The van der Waals surface area contributed by atoms with Gasteiger partial charge in [-0.25, -0.2) is 8.78 Å². The summed E-state index contributed by atoms with van der Waals surface area (Å²) >= 11 is 0. The molecule has 1 atom stereocenters. The Morgan fingerprint density at radius 1 is 1.30 bits per heavy atom. The quantitative estimate of drug-likeness (QED) is 0.914. The number of amidine groups is 1. The van der Waals surface area contributed by atoms with Crippen LogP contribution in [-0.4, -0.2) is 15.6 Å². The Morgan fingerprint density at radius 2 is 2.00 bits per heavy atom. The number of aryl methyl sites for hydroxylation is 1. The van der Waals surface area contributed by atoms with Gasteiger partial charge in [-0.2, -0.15) is 5.10 Å². The molecule has 6 heteroatoms. The van der Waals surface area contributed by atoms with Crippen LogP contribution >= 0.6 is 0 Å². The van der Waals surface area contributed by atoms with Crippen LogP contribution in [0.5, 0.6) is 0 Å². The first-order chi connectivity index (χ1) is 9.56. The summed E-state index contributed by atoms with van der Waals surface area (Å²) in [5, 5.41) is 4.33. The molecule has 0 spiro atoms. The summed E-state index contributed by atoms with van der Waals surface area (Å²) in [5.41, 5.74) is 8.01. The number of hydrogen-bond acceptors (Lipinski definition) is 3. The molecule has 0 aliphatic carbocycles. The highest BCUT2D eigenvalue weighted by Crippen LogP contribution is 2.29. The van der Waals surface area contributed by atoms with E-state index in [1.165, 1.54) is 12.1 Å². The molecule has 1 aromatic carbocycles. The molecule has 0 fully saturated rings. The zero-order valence-corrected chi connectivity index (χ0v) is 11.0. The summed E-state index contributed by atoms with van der Waals surface area (Å²) in [7, 11) is 0. The van der Waals surface area contributed by atoms with Gasteiger partial charge < -0.3 is 5.73 Å². The van der Waals surface area contributed by atoms with E-state index in [0.29, 0.717) is 23.5 Å². The van der Waals surface area contributed by atoms with Crippen LogP contribution in [0.1, 0.15) is 29.8 Å². The lowest BCUT2D eigenvalue weighted by molar-refractivity contribution is 0.572. The number of aliphatic imine (C=N–C) groups is 1. The second-order valence-electron chi connectivity index (χ2n) is 4.80. The molecular formula is C14H14F2N4. The van der Waals surface area contributed by atoms with Crippen molar-refractivity contribution in [2.24, 2.45) is 10.7 Å². The van der Waals surface area contributed by atoms with Gasteiger partial charge in [-0.1, -0.05) is 0 Å². The molecule has 104 valence electrons. The average Bonchev–Trinajstić information content (AvgIpc) is 2.81. The predicted octanol–water partition coefficient (Wildman–Crippen LogP) is 2.18. The molecule has 4 nitrogen and oxygen atoms in total. The lowest BCUT2D eigenvalue weighted by Crippen LogP contribution is -2.23. The third kappa shape index (κ3) is 2.17. The Labute approximate surface area is 114 Å². The molecule has 0 radical (unpaired) electrons. The number of benzene rings is 1. The fourth-order valence-corrected chi connectivity index (χ4v) is 2.43. The number of aromatic nitrogens is 2. The van der Waals surface area contributed by atoms with Crippen molar-refractivity contribution in [1.82, 2.24) is 9.78 Å². The molecule has 20 heavy (non-hydrogen) atoms. The zero-order valence-electron chi connectivity index (χ0n) is 11.0. The Kier molecular flexibility index (Phi) is 3.00. The fraction of sp³-hybridized carbons (Fsp3) is 0.286. The summed E-state index contributed by atoms with van der Waals surface area (Å²) < 4.78 is 28.4. The van der Waals surface area contributed by atoms with Gasteiger partial charge in [0.1, 0.15) is 23.2 Å². The summed E-state index contributed by atoms with van der Waals surface area (Å²) in [6.07, 6.45) is 2.44. The first-order valence-electron chi connectivity index (χ1n) is 6.42. The molecule has 2 aromatic rings. The smallest absolute Gasteiger partial charge is 0.147 e. The molecule has 2 heterocycles. The van der Waals surface area contributed by atoms with Gasteiger partial charge in [-0.05, 0) is 24.6 Å². The molecule has 0 saturated heterocycles. The van der Waals surface area contributed by atoms with Crippen LogP contribution in [0.4, 0.5) is 8.78 Å². The van der Waals surface area contributed by atoms with Gasteiger partial charge in [0.2, 0.25) is 0 Å². The minimum Gasteiger partial charge on any atom is -0.382 e. The Hall–Kier alpha value is -2.24. The van der Waals surface area contributed by atoms with Gasteiger partial charge in [0, 0.05) is 30.8 Å². The molecule has 0 amide bonds. The molecule has 0 bridgehead atoms. The van der Waals surface area contributed by atoms with Crippen LogP contribution in [0.3, 0.4) is 0 Å². The Bertz CT molecular complexity index is 670. The first kappa shape index (κ1) is 12.8. The Morgan fingerprint density at radius 3 is 2.65 bits per heavy atom. The van der Waals surface area contributed by atoms with Crippen molar-refractivity contribution < 1.29 is 8.78 Å². The van der Waals surface area contributed by atoms with E-state index in [0.717, 1.165) is 18.2 Å².